The van der Waals surface area contributed by atoms with Crippen molar-refractivity contribution in [3.63, 3.8) is 0 Å². The first kappa shape index (κ1) is 15.9. The molecule has 0 saturated carbocycles. The van der Waals surface area contributed by atoms with E-state index in [-0.39, 0.29) is 4.88 Å². The Labute approximate surface area is 117 Å². The summed E-state index contributed by atoms with van der Waals surface area (Å²) in [4.78, 5) is 17.2. The minimum atomic E-state index is -0.946. The fraction of sp³-hybridized carbons (Fsp3) is 0.667. The topological polar surface area (TPSA) is 71.9 Å². The second kappa shape index (κ2) is 8.84. The summed E-state index contributed by atoms with van der Waals surface area (Å²) in [6.45, 7) is 7.73. The Morgan fingerprint density at radius 2 is 1.89 bits per heavy atom. The van der Waals surface area contributed by atoms with E-state index < -0.39 is 5.97 Å². The van der Waals surface area contributed by atoms with E-state index in [2.05, 4.69) is 4.98 Å². The first-order valence-electron chi connectivity index (χ1n) is 6.28. The van der Waals surface area contributed by atoms with Crippen molar-refractivity contribution in [1.29, 1.82) is 0 Å². The molecule has 0 saturated heterocycles. The molecule has 1 heterocycles. The van der Waals surface area contributed by atoms with Crippen LogP contribution in [0.2, 0.25) is 0 Å². The largest absolute Gasteiger partial charge is 0.477 e. The zero-order chi connectivity index (χ0) is 14.1. The van der Waals surface area contributed by atoms with Crippen LogP contribution in [0.5, 0.6) is 0 Å². The van der Waals surface area contributed by atoms with Crippen LogP contribution < -0.4 is 4.90 Å². The van der Waals surface area contributed by atoms with Crippen molar-refractivity contribution < 1.29 is 19.4 Å². The van der Waals surface area contributed by atoms with Crippen molar-refractivity contribution in [3.8, 4) is 0 Å². The molecule has 0 aliphatic heterocycles. The van der Waals surface area contributed by atoms with Crippen LogP contribution in [-0.2, 0) is 9.47 Å². The van der Waals surface area contributed by atoms with E-state index in [1.165, 1.54) is 17.5 Å². The van der Waals surface area contributed by atoms with Crippen LogP contribution in [-0.4, -0.2) is 55.6 Å². The number of aromatic carboxylic acids is 1. The number of thiazole rings is 1. The number of carbonyl (C=O) groups is 1. The molecule has 0 spiro atoms. The predicted octanol–water partition coefficient (Wildman–Crippen LogP) is 1.72. The molecule has 0 unspecified atom stereocenters. The molecule has 0 bridgehead atoms. The number of hydrogen-bond acceptors (Lipinski definition) is 6. The Kier molecular flexibility index (Phi) is 7.39. The van der Waals surface area contributed by atoms with Gasteiger partial charge in [0.25, 0.3) is 0 Å². The molecule has 0 amide bonds. The maximum Gasteiger partial charge on any atom is 0.347 e. The van der Waals surface area contributed by atoms with Gasteiger partial charge in [0.2, 0.25) is 0 Å². The van der Waals surface area contributed by atoms with Crippen LogP contribution in [0.25, 0.3) is 0 Å². The van der Waals surface area contributed by atoms with E-state index in [1.807, 2.05) is 18.7 Å². The Hall–Kier alpha value is -1.18. The number of aromatic nitrogens is 1. The Balaban J connectivity index is 2.61. The van der Waals surface area contributed by atoms with Crippen LogP contribution in [0, 0.1) is 0 Å². The number of nitrogens with zero attached hydrogens (tertiary/aromatic N) is 2. The first-order valence-corrected chi connectivity index (χ1v) is 7.10. The van der Waals surface area contributed by atoms with E-state index in [4.69, 9.17) is 14.6 Å². The highest BCUT2D eigenvalue weighted by Crippen LogP contribution is 2.22. The second-order valence-corrected chi connectivity index (χ2v) is 4.70. The third-order valence-electron chi connectivity index (χ3n) is 2.39. The fourth-order valence-electron chi connectivity index (χ4n) is 1.45. The summed E-state index contributed by atoms with van der Waals surface area (Å²) in [6, 6.07) is 0. The van der Waals surface area contributed by atoms with Crippen LogP contribution in [0.3, 0.4) is 0 Å². The molecule has 0 fully saturated rings. The summed E-state index contributed by atoms with van der Waals surface area (Å²) in [5.74, 6) is -0.946. The molecule has 1 rings (SSSR count). The number of anilines is 1. The zero-order valence-corrected chi connectivity index (χ0v) is 12.1. The van der Waals surface area contributed by atoms with Gasteiger partial charge in [0.1, 0.15) is 4.88 Å². The number of ether oxygens (including phenoxy) is 2. The lowest BCUT2D eigenvalue weighted by Crippen LogP contribution is -2.31. The zero-order valence-electron chi connectivity index (χ0n) is 11.3. The van der Waals surface area contributed by atoms with Crippen LogP contribution in [0.15, 0.2) is 6.20 Å². The van der Waals surface area contributed by atoms with Gasteiger partial charge in [0.15, 0.2) is 5.13 Å². The van der Waals surface area contributed by atoms with E-state index in [0.717, 1.165) is 0 Å². The van der Waals surface area contributed by atoms with E-state index >= 15 is 0 Å². The lowest BCUT2D eigenvalue weighted by Gasteiger charge is -2.21. The van der Waals surface area contributed by atoms with Gasteiger partial charge in [0, 0.05) is 26.3 Å². The van der Waals surface area contributed by atoms with Gasteiger partial charge in [-0.1, -0.05) is 11.3 Å². The normalized spacial score (nSPS) is 10.6. The van der Waals surface area contributed by atoms with Gasteiger partial charge in [-0.15, -0.1) is 0 Å². The minimum Gasteiger partial charge on any atom is -0.477 e. The monoisotopic (exact) mass is 288 g/mol. The Bertz CT molecular complexity index is 374. The minimum absolute atomic E-state index is 0.243. The van der Waals surface area contributed by atoms with E-state index in [1.54, 1.807) is 0 Å². The maximum absolute atomic E-state index is 10.9. The second-order valence-electron chi connectivity index (χ2n) is 3.69. The van der Waals surface area contributed by atoms with Crippen molar-refractivity contribution in [2.45, 2.75) is 13.8 Å². The molecule has 108 valence electrons. The van der Waals surface area contributed by atoms with Gasteiger partial charge in [-0.2, -0.15) is 0 Å². The SMILES string of the molecule is CCOCCN(CCOCC)c1ncc(C(=O)O)s1. The predicted molar refractivity (Wildman–Crippen MR) is 74.3 cm³/mol. The molecular formula is C12H20N2O4S. The quantitative estimate of drug-likeness (QED) is 0.661. The highest BCUT2D eigenvalue weighted by Gasteiger charge is 2.14. The van der Waals surface area contributed by atoms with Gasteiger partial charge >= 0.3 is 5.97 Å². The van der Waals surface area contributed by atoms with Crippen molar-refractivity contribution in [3.05, 3.63) is 11.1 Å². The van der Waals surface area contributed by atoms with Crippen molar-refractivity contribution in [1.82, 2.24) is 4.98 Å². The Morgan fingerprint density at radius 3 is 2.32 bits per heavy atom. The van der Waals surface area contributed by atoms with Crippen LogP contribution in [0.4, 0.5) is 5.13 Å². The summed E-state index contributed by atoms with van der Waals surface area (Å²) in [5.41, 5.74) is 0. The molecule has 19 heavy (non-hydrogen) atoms. The average molecular weight is 288 g/mol. The molecule has 7 heteroatoms. The number of carboxylic acid groups (broad SMARTS) is 1. The van der Waals surface area contributed by atoms with Gasteiger partial charge in [-0.3, -0.25) is 0 Å². The summed E-state index contributed by atoms with van der Waals surface area (Å²) >= 11 is 1.17. The van der Waals surface area contributed by atoms with Crippen molar-refractivity contribution in [2.24, 2.45) is 0 Å². The molecule has 0 radical (unpaired) electrons. The molecular weight excluding hydrogens is 268 g/mol. The lowest BCUT2D eigenvalue weighted by atomic mass is 10.5. The van der Waals surface area contributed by atoms with Gasteiger partial charge in [-0.05, 0) is 13.8 Å². The molecule has 0 aliphatic carbocycles. The number of rotatable bonds is 10. The molecule has 1 aromatic rings. The molecule has 1 aromatic heterocycles. The lowest BCUT2D eigenvalue weighted by molar-refractivity contribution is 0.0702. The Morgan fingerprint density at radius 1 is 1.32 bits per heavy atom. The summed E-state index contributed by atoms with van der Waals surface area (Å²) in [6.07, 6.45) is 1.39. The van der Waals surface area contributed by atoms with E-state index in [9.17, 15) is 4.79 Å². The number of hydrogen-bond donors (Lipinski definition) is 1. The molecule has 0 aromatic carbocycles. The smallest absolute Gasteiger partial charge is 0.347 e. The van der Waals surface area contributed by atoms with E-state index in [0.29, 0.717) is 44.6 Å². The highest BCUT2D eigenvalue weighted by molar-refractivity contribution is 7.17. The van der Waals surface area contributed by atoms with Gasteiger partial charge < -0.3 is 19.5 Å². The van der Waals surface area contributed by atoms with Crippen molar-refractivity contribution >= 4 is 22.4 Å². The summed E-state index contributed by atoms with van der Waals surface area (Å²) in [7, 11) is 0. The summed E-state index contributed by atoms with van der Waals surface area (Å²) in [5, 5.41) is 9.60. The van der Waals surface area contributed by atoms with Gasteiger partial charge in [0.05, 0.1) is 19.4 Å². The first-order chi connectivity index (χ1) is 9.19. The third-order valence-corrected chi connectivity index (χ3v) is 3.44. The van der Waals surface area contributed by atoms with Crippen LogP contribution in [0.1, 0.15) is 23.5 Å². The van der Waals surface area contributed by atoms with Crippen LogP contribution >= 0.6 is 11.3 Å². The molecule has 0 atom stereocenters. The van der Waals surface area contributed by atoms with Gasteiger partial charge in [-0.25, -0.2) is 9.78 Å². The average Bonchev–Trinajstić information content (AvgIpc) is 2.87. The molecule has 0 aliphatic rings. The van der Waals surface area contributed by atoms with Crippen molar-refractivity contribution in [2.75, 3.05) is 44.4 Å². The molecule has 6 nitrogen and oxygen atoms in total. The summed E-state index contributed by atoms with van der Waals surface area (Å²) < 4.78 is 10.6. The third kappa shape index (κ3) is 5.54. The standard InChI is InChI=1S/C12H20N2O4S/c1-3-17-7-5-14(6-8-18-4-2)12-13-9-10(19-12)11(15)16/h9H,3-8H2,1-2H3,(H,15,16). The highest BCUT2D eigenvalue weighted by atomic mass is 32.1. The fourth-order valence-corrected chi connectivity index (χ4v) is 2.26. The molecule has 1 N–H and O–H groups in total. The number of carboxylic acids is 1. The maximum atomic E-state index is 10.9.